The van der Waals surface area contributed by atoms with Gasteiger partial charge in [0.1, 0.15) is 11.8 Å². The minimum Gasteiger partial charge on any atom is -0.497 e. The van der Waals surface area contributed by atoms with Crippen molar-refractivity contribution >= 4 is 11.8 Å². The number of nitrogens with zero attached hydrogens (tertiary/aromatic N) is 2. The highest BCUT2D eigenvalue weighted by Crippen LogP contribution is 2.26. The van der Waals surface area contributed by atoms with Crippen LogP contribution in [0.3, 0.4) is 0 Å². The molecule has 0 unspecified atom stereocenters. The van der Waals surface area contributed by atoms with E-state index in [4.69, 9.17) is 9.26 Å². The van der Waals surface area contributed by atoms with E-state index >= 15 is 0 Å². The Morgan fingerprint density at radius 1 is 1.20 bits per heavy atom. The van der Waals surface area contributed by atoms with Crippen molar-refractivity contribution in [2.24, 2.45) is 11.8 Å². The van der Waals surface area contributed by atoms with E-state index in [0.29, 0.717) is 24.6 Å². The summed E-state index contributed by atoms with van der Waals surface area (Å²) in [6, 6.07) is 8.43. The third-order valence-electron chi connectivity index (χ3n) is 5.26. The van der Waals surface area contributed by atoms with Crippen LogP contribution in [0.25, 0.3) is 11.3 Å². The van der Waals surface area contributed by atoms with Crippen LogP contribution in [0.5, 0.6) is 5.75 Å². The number of hydrogen-bond donors (Lipinski definition) is 1. The van der Waals surface area contributed by atoms with E-state index in [0.717, 1.165) is 17.7 Å². The summed E-state index contributed by atoms with van der Waals surface area (Å²) in [7, 11) is 1.61. The van der Waals surface area contributed by atoms with Crippen molar-refractivity contribution in [3.05, 3.63) is 36.0 Å². The van der Waals surface area contributed by atoms with Gasteiger partial charge in [-0.1, -0.05) is 32.9 Å². The first-order valence-electron chi connectivity index (χ1n) is 10.5. The molecule has 2 aromatic rings. The van der Waals surface area contributed by atoms with Crippen molar-refractivity contribution in [1.82, 2.24) is 15.4 Å². The Balaban J connectivity index is 1.83. The van der Waals surface area contributed by atoms with E-state index in [1.807, 2.05) is 38.1 Å². The minimum absolute atomic E-state index is 0.0576. The lowest BCUT2D eigenvalue weighted by Gasteiger charge is -2.40. The maximum absolute atomic E-state index is 13.3. The zero-order chi connectivity index (χ0) is 21.8. The molecule has 7 nitrogen and oxygen atoms in total. The van der Waals surface area contributed by atoms with E-state index in [1.54, 1.807) is 18.1 Å². The van der Waals surface area contributed by atoms with E-state index in [1.165, 1.54) is 0 Å². The lowest BCUT2D eigenvalue weighted by atomic mass is 9.94. The first kappa shape index (κ1) is 21.9. The smallest absolute Gasteiger partial charge is 0.276 e. The Labute approximate surface area is 177 Å². The maximum atomic E-state index is 13.3. The molecule has 0 aliphatic carbocycles. The topological polar surface area (TPSA) is 84.7 Å². The molecular weight excluding hydrogens is 382 g/mol. The molecule has 1 aromatic heterocycles. The number of rotatable bonds is 7. The third kappa shape index (κ3) is 5.01. The third-order valence-corrected chi connectivity index (χ3v) is 5.26. The first-order valence-corrected chi connectivity index (χ1v) is 10.5. The molecule has 30 heavy (non-hydrogen) atoms. The van der Waals surface area contributed by atoms with Crippen LogP contribution in [0.2, 0.25) is 0 Å². The summed E-state index contributed by atoms with van der Waals surface area (Å²) in [4.78, 5) is 27.8. The van der Waals surface area contributed by atoms with Crippen molar-refractivity contribution in [3.8, 4) is 17.1 Å². The van der Waals surface area contributed by atoms with Crippen LogP contribution >= 0.6 is 0 Å². The Hall–Kier alpha value is -2.83. The molecule has 2 amide bonds. The van der Waals surface area contributed by atoms with Crippen molar-refractivity contribution in [1.29, 1.82) is 0 Å². The van der Waals surface area contributed by atoms with Gasteiger partial charge in [-0.2, -0.15) is 0 Å². The molecule has 1 aliphatic rings. The molecule has 1 fully saturated rings. The highest BCUT2D eigenvalue weighted by Gasteiger charge is 2.38. The van der Waals surface area contributed by atoms with Crippen molar-refractivity contribution in [2.75, 3.05) is 13.7 Å². The van der Waals surface area contributed by atoms with Gasteiger partial charge in [-0.25, -0.2) is 0 Å². The van der Waals surface area contributed by atoms with Gasteiger partial charge in [0.05, 0.1) is 7.11 Å². The number of carbonyl (C=O) groups is 2. The molecule has 2 atom stereocenters. The summed E-state index contributed by atoms with van der Waals surface area (Å²) in [6.45, 7) is 8.79. The molecule has 2 heterocycles. The Morgan fingerprint density at radius 3 is 2.47 bits per heavy atom. The zero-order valence-corrected chi connectivity index (χ0v) is 18.3. The van der Waals surface area contributed by atoms with Crippen molar-refractivity contribution in [3.63, 3.8) is 0 Å². The summed E-state index contributed by atoms with van der Waals surface area (Å²) in [5.41, 5.74) is 1.02. The Kier molecular flexibility index (Phi) is 6.80. The molecule has 3 rings (SSSR count). The zero-order valence-electron chi connectivity index (χ0n) is 18.3. The fourth-order valence-corrected chi connectivity index (χ4v) is 3.87. The summed E-state index contributed by atoms with van der Waals surface area (Å²) in [5, 5.41) is 7.10. The molecular formula is C23H31N3O4. The number of ether oxygens (including phenoxy) is 1. The predicted octanol–water partition coefficient (Wildman–Crippen LogP) is 3.75. The quantitative estimate of drug-likeness (QED) is 0.747. The van der Waals surface area contributed by atoms with Gasteiger partial charge >= 0.3 is 0 Å². The van der Waals surface area contributed by atoms with Gasteiger partial charge in [-0.3, -0.25) is 9.59 Å². The number of hydrogen-bond acceptors (Lipinski definition) is 5. The number of piperazine rings is 1. The van der Waals surface area contributed by atoms with Gasteiger partial charge in [-0.05, 0) is 48.9 Å². The molecule has 0 spiro atoms. The Bertz CT molecular complexity index is 873. The average Bonchev–Trinajstić information content (AvgIpc) is 3.19. The molecule has 162 valence electrons. The summed E-state index contributed by atoms with van der Waals surface area (Å²) in [5.74, 6) is 1.58. The predicted molar refractivity (Wildman–Crippen MR) is 114 cm³/mol. The second kappa shape index (κ2) is 9.32. The van der Waals surface area contributed by atoms with Crippen molar-refractivity contribution < 1.29 is 18.8 Å². The highest BCUT2D eigenvalue weighted by molar-refractivity contribution is 5.97. The molecule has 1 saturated heterocycles. The van der Waals surface area contributed by atoms with Gasteiger partial charge in [-0.15, -0.1) is 0 Å². The maximum Gasteiger partial charge on any atom is 0.276 e. The van der Waals surface area contributed by atoms with Crippen LogP contribution in [-0.2, 0) is 4.79 Å². The van der Waals surface area contributed by atoms with Crippen LogP contribution in [0.4, 0.5) is 0 Å². The lowest BCUT2D eigenvalue weighted by molar-refractivity contribution is -0.130. The van der Waals surface area contributed by atoms with E-state index < -0.39 is 6.04 Å². The van der Waals surface area contributed by atoms with Crippen LogP contribution in [0.15, 0.2) is 34.9 Å². The van der Waals surface area contributed by atoms with E-state index in [9.17, 15) is 9.59 Å². The molecule has 0 radical (unpaired) electrons. The molecule has 0 saturated carbocycles. The number of methoxy groups -OCH3 is 1. The second-order valence-corrected chi connectivity index (χ2v) is 8.74. The van der Waals surface area contributed by atoms with E-state index in [2.05, 4.69) is 24.3 Å². The summed E-state index contributed by atoms with van der Waals surface area (Å²) >= 11 is 0. The Morgan fingerprint density at radius 2 is 1.87 bits per heavy atom. The van der Waals surface area contributed by atoms with Gasteiger partial charge in [0.25, 0.3) is 5.91 Å². The van der Waals surface area contributed by atoms with Crippen LogP contribution in [0.1, 0.15) is 51.0 Å². The normalized spacial score (nSPS) is 19.3. The number of amides is 2. The second-order valence-electron chi connectivity index (χ2n) is 8.74. The van der Waals surface area contributed by atoms with Gasteiger partial charge in [0.2, 0.25) is 5.91 Å². The van der Waals surface area contributed by atoms with Crippen LogP contribution in [0, 0.1) is 11.8 Å². The van der Waals surface area contributed by atoms with Crippen LogP contribution < -0.4 is 10.1 Å². The molecule has 0 bridgehead atoms. The minimum atomic E-state index is -0.498. The van der Waals surface area contributed by atoms with E-state index in [-0.39, 0.29) is 29.5 Å². The standard InChI is InChI=1S/C23H31N3O4/c1-14(2)10-17-13-26(20(11-15(3)4)22(27)24-17)23(28)19-12-21(30-25-19)16-6-8-18(29-5)9-7-16/h6-9,12,14-15,17,20H,10-11,13H2,1-5H3,(H,24,27)/t17-,20-/m0/s1. The molecule has 7 heteroatoms. The highest BCUT2D eigenvalue weighted by atomic mass is 16.5. The average molecular weight is 414 g/mol. The van der Waals surface area contributed by atoms with Gasteiger partial charge in [0, 0.05) is 24.2 Å². The molecule has 1 aliphatic heterocycles. The largest absolute Gasteiger partial charge is 0.497 e. The number of aromatic nitrogens is 1. The monoisotopic (exact) mass is 413 g/mol. The molecule has 1 N–H and O–H groups in total. The summed E-state index contributed by atoms with van der Waals surface area (Å²) in [6.07, 6.45) is 1.43. The number of carbonyl (C=O) groups excluding carboxylic acids is 2. The molecule has 1 aromatic carbocycles. The SMILES string of the molecule is COc1ccc(-c2cc(C(=O)N3C[C@H](CC(C)C)NC(=O)[C@@H]3CC(C)C)no2)cc1. The van der Waals surface area contributed by atoms with Crippen molar-refractivity contribution in [2.45, 2.75) is 52.6 Å². The van der Waals surface area contributed by atoms with Gasteiger partial charge in [0.15, 0.2) is 11.5 Å². The number of nitrogens with one attached hydrogen (secondary N) is 1. The summed E-state index contributed by atoms with van der Waals surface area (Å²) < 4.78 is 10.6. The van der Waals surface area contributed by atoms with Crippen LogP contribution in [-0.4, -0.2) is 47.6 Å². The fraction of sp³-hybridized carbons (Fsp3) is 0.522. The first-order chi connectivity index (χ1) is 14.3. The van der Waals surface area contributed by atoms with Gasteiger partial charge < -0.3 is 19.5 Å². The lowest BCUT2D eigenvalue weighted by Crippen LogP contribution is -2.62. The number of benzene rings is 1. The fourth-order valence-electron chi connectivity index (χ4n) is 3.87.